The minimum Gasteiger partial charge on any atom is -0.487 e. The van der Waals surface area contributed by atoms with Crippen molar-refractivity contribution in [3.63, 3.8) is 0 Å². The number of ether oxygens (including phenoxy) is 1. The lowest BCUT2D eigenvalue weighted by Crippen LogP contribution is -2.23. The molecule has 0 aliphatic carbocycles. The van der Waals surface area contributed by atoms with Crippen molar-refractivity contribution in [2.75, 3.05) is 0 Å². The molecule has 0 saturated carbocycles. The number of fused-ring (bicyclic) bond motifs is 1. The first-order valence-electron chi connectivity index (χ1n) is 7.48. The molecule has 1 aliphatic heterocycles. The number of aliphatic hydroxyl groups is 1. The first-order valence-corrected chi connectivity index (χ1v) is 7.48. The molecule has 2 atom stereocenters. The predicted octanol–water partition coefficient (Wildman–Crippen LogP) is 4.02. The van der Waals surface area contributed by atoms with Gasteiger partial charge < -0.3 is 9.84 Å². The molecular formula is C19H22O2. The average Bonchev–Trinajstić information content (AvgIpc) is 2.89. The van der Waals surface area contributed by atoms with E-state index in [1.807, 2.05) is 30.3 Å². The molecule has 2 aromatic carbocycles. The summed E-state index contributed by atoms with van der Waals surface area (Å²) in [5, 5.41) is 10.6. The van der Waals surface area contributed by atoms with Crippen molar-refractivity contribution < 1.29 is 9.84 Å². The molecule has 2 unspecified atom stereocenters. The second-order valence-electron chi connectivity index (χ2n) is 6.78. The summed E-state index contributed by atoms with van der Waals surface area (Å²) in [6.07, 6.45) is -0.0208. The molecule has 0 bridgehead atoms. The van der Waals surface area contributed by atoms with Crippen LogP contribution in [0.4, 0.5) is 0 Å². The van der Waals surface area contributed by atoms with E-state index in [9.17, 15) is 5.11 Å². The maximum absolute atomic E-state index is 10.6. The summed E-state index contributed by atoms with van der Waals surface area (Å²) < 4.78 is 5.87. The fourth-order valence-electron chi connectivity index (χ4n) is 2.78. The minimum atomic E-state index is -0.591. The number of rotatable bonds is 2. The first kappa shape index (κ1) is 14.2. The second kappa shape index (κ2) is 5.19. The summed E-state index contributed by atoms with van der Waals surface area (Å²) >= 11 is 0. The van der Waals surface area contributed by atoms with Crippen LogP contribution in [0.1, 0.15) is 43.6 Å². The number of benzene rings is 2. The van der Waals surface area contributed by atoms with Crippen LogP contribution in [-0.2, 0) is 11.8 Å². The van der Waals surface area contributed by atoms with E-state index in [4.69, 9.17) is 4.74 Å². The largest absolute Gasteiger partial charge is 0.487 e. The number of hydrogen-bond donors (Lipinski definition) is 1. The first-order chi connectivity index (χ1) is 9.95. The van der Waals surface area contributed by atoms with E-state index in [1.54, 1.807) is 0 Å². The van der Waals surface area contributed by atoms with Crippen LogP contribution in [0.15, 0.2) is 48.5 Å². The quantitative estimate of drug-likeness (QED) is 0.901. The van der Waals surface area contributed by atoms with Gasteiger partial charge in [0.15, 0.2) is 0 Å². The molecule has 2 nitrogen and oxygen atoms in total. The van der Waals surface area contributed by atoms with E-state index in [0.29, 0.717) is 0 Å². The van der Waals surface area contributed by atoms with Crippen molar-refractivity contribution in [2.24, 2.45) is 0 Å². The van der Waals surface area contributed by atoms with Gasteiger partial charge in [-0.3, -0.25) is 0 Å². The zero-order valence-electron chi connectivity index (χ0n) is 12.8. The van der Waals surface area contributed by atoms with Crippen molar-refractivity contribution in [1.29, 1.82) is 0 Å². The average molecular weight is 282 g/mol. The lowest BCUT2D eigenvalue weighted by atomic mass is 9.86. The Balaban J connectivity index is 1.76. The number of para-hydroxylation sites is 1. The van der Waals surface area contributed by atoms with Gasteiger partial charge in [-0.1, -0.05) is 63.2 Å². The van der Waals surface area contributed by atoms with Crippen LogP contribution in [0.3, 0.4) is 0 Å². The molecule has 2 aromatic rings. The van der Waals surface area contributed by atoms with Crippen LogP contribution in [0.25, 0.3) is 0 Å². The zero-order chi connectivity index (χ0) is 15.0. The SMILES string of the molecule is CC(C)(C)c1ccc(C(O)C2Cc3ccccc3O2)cc1. The van der Waals surface area contributed by atoms with E-state index in [0.717, 1.165) is 17.7 Å². The molecule has 1 N–H and O–H groups in total. The molecule has 0 saturated heterocycles. The summed E-state index contributed by atoms with van der Waals surface area (Å²) in [5.74, 6) is 0.896. The topological polar surface area (TPSA) is 29.5 Å². The van der Waals surface area contributed by atoms with E-state index in [1.165, 1.54) is 11.1 Å². The fraction of sp³-hybridized carbons (Fsp3) is 0.368. The highest BCUT2D eigenvalue weighted by Crippen LogP contribution is 2.34. The molecular weight excluding hydrogens is 260 g/mol. The van der Waals surface area contributed by atoms with Gasteiger partial charge in [-0.05, 0) is 28.2 Å². The Morgan fingerprint density at radius 3 is 2.33 bits per heavy atom. The molecule has 0 amide bonds. The Morgan fingerprint density at radius 2 is 1.71 bits per heavy atom. The van der Waals surface area contributed by atoms with Crippen LogP contribution in [0.5, 0.6) is 5.75 Å². The Hall–Kier alpha value is -1.80. The normalized spacial score (nSPS) is 19.0. The van der Waals surface area contributed by atoms with Crippen LogP contribution in [0, 0.1) is 0 Å². The minimum absolute atomic E-state index is 0.129. The van der Waals surface area contributed by atoms with Crippen molar-refractivity contribution in [3.05, 3.63) is 65.2 Å². The van der Waals surface area contributed by atoms with Crippen LogP contribution in [-0.4, -0.2) is 11.2 Å². The Kier molecular flexibility index (Phi) is 3.50. The Morgan fingerprint density at radius 1 is 1.05 bits per heavy atom. The molecule has 110 valence electrons. The highest BCUT2D eigenvalue weighted by molar-refractivity contribution is 5.38. The van der Waals surface area contributed by atoms with Gasteiger partial charge in [0.05, 0.1) is 0 Å². The van der Waals surface area contributed by atoms with Crippen molar-refractivity contribution in [1.82, 2.24) is 0 Å². The maximum atomic E-state index is 10.6. The molecule has 2 heteroatoms. The summed E-state index contributed by atoms with van der Waals surface area (Å²) in [6.45, 7) is 6.57. The van der Waals surface area contributed by atoms with Crippen LogP contribution in [0.2, 0.25) is 0 Å². The Labute approximate surface area is 126 Å². The third-order valence-corrected chi connectivity index (χ3v) is 4.14. The molecule has 0 spiro atoms. The smallest absolute Gasteiger partial charge is 0.133 e. The van der Waals surface area contributed by atoms with Gasteiger partial charge in [0, 0.05) is 6.42 Å². The molecule has 0 radical (unpaired) electrons. The van der Waals surface area contributed by atoms with E-state index in [2.05, 4.69) is 39.0 Å². The molecule has 3 rings (SSSR count). The standard InChI is InChI=1S/C19H22O2/c1-19(2,3)15-10-8-13(9-11-15)18(20)17-12-14-6-4-5-7-16(14)21-17/h4-11,17-18,20H,12H2,1-3H3. The van der Waals surface area contributed by atoms with Crippen LogP contribution < -0.4 is 4.74 Å². The third kappa shape index (κ3) is 2.81. The predicted molar refractivity (Wildman–Crippen MR) is 84.7 cm³/mol. The van der Waals surface area contributed by atoms with Gasteiger partial charge in [-0.15, -0.1) is 0 Å². The molecule has 0 aromatic heterocycles. The molecule has 0 fully saturated rings. The number of hydrogen-bond acceptors (Lipinski definition) is 2. The number of aliphatic hydroxyl groups excluding tert-OH is 1. The van der Waals surface area contributed by atoms with E-state index < -0.39 is 6.10 Å². The third-order valence-electron chi connectivity index (χ3n) is 4.14. The lowest BCUT2D eigenvalue weighted by molar-refractivity contribution is 0.0492. The molecule has 1 aliphatic rings. The van der Waals surface area contributed by atoms with Crippen molar-refractivity contribution in [2.45, 2.75) is 44.8 Å². The lowest BCUT2D eigenvalue weighted by Gasteiger charge is -2.22. The van der Waals surface area contributed by atoms with Gasteiger partial charge >= 0.3 is 0 Å². The summed E-state index contributed by atoms with van der Waals surface area (Å²) in [4.78, 5) is 0. The monoisotopic (exact) mass is 282 g/mol. The fourth-order valence-corrected chi connectivity index (χ4v) is 2.78. The Bertz CT molecular complexity index is 598. The van der Waals surface area contributed by atoms with Gasteiger partial charge in [0.2, 0.25) is 0 Å². The van der Waals surface area contributed by atoms with Crippen molar-refractivity contribution in [3.8, 4) is 5.75 Å². The molecule has 1 heterocycles. The zero-order valence-corrected chi connectivity index (χ0v) is 12.8. The van der Waals surface area contributed by atoms with Crippen molar-refractivity contribution >= 4 is 0 Å². The van der Waals surface area contributed by atoms with E-state index >= 15 is 0 Å². The van der Waals surface area contributed by atoms with Gasteiger partial charge in [0.1, 0.15) is 18.0 Å². The highest BCUT2D eigenvalue weighted by Gasteiger charge is 2.30. The van der Waals surface area contributed by atoms with Gasteiger partial charge in [0.25, 0.3) is 0 Å². The van der Waals surface area contributed by atoms with Crippen LogP contribution >= 0.6 is 0 Å². The van der Waals surface area contributed by atoms with E-state index in [-0.39, 0.29) is 11.5 Å². The highest BCUT2D eigenvalue weighted by atomic mass is 16.5. The molecule has 21 heavy (non-hydrogen) atoms. The van der Waals surface area contributed by atoms with Gasteiger partial charge in [-0.25, -0.2) is 0 Å². The maximum Gasteiger partial charge on any atom is 0.133 e. The second-order valence-corrected chi connectivity index (χ2v) is 6.78. The summed E-state index contributed by atoms with van der Waals surface area (Å²) in [5.41, 5.74) is 3.49. The van der Waals surface area contributed by atoms with Gasteiger partial charge in [-0.2, -0.15) is 0 Å². The summed E-state index contributed by atoms with van der Waals surface area (Å²) in [7, 11) is 0. The summed E-state index contributed by atoms with van der Waals surface area (Å²) in [6, 6.07) is 16.2.